The summed E-state index contributed by atoms with van der Waals surface area (Å²) in [6, 6.07) is 5.19. The van der Waals surface area contributed by atoms with Gasteiger partial charge in [0.25, 0.3) is 0 Å². The van der Waals surface area contributed by atoms with Crippen molar-refractivity contribution >= 4 is 5.69 Å². The van der Waals surface area contributed by atoms with Crippen molar-refractivity contribution < 1.29 is 5.11 Å². The maximum absolute atomic E-state index is 9.48. The molecule has 72 valence electrons. The number of nitrogens with two attached hydrogens (primary N) is 1. The Hall–Kier alpha value is -1.26. The van der Waals surface area contributed by atoms with E-state index >= 15 is 0 Å². The number of nitrogen functional groups attached to an aromatic ring is 1. The van der Waals surface area contributed by atoms with Gasteiger partial charge in [0.05, 0.1) is 0 Å². The van der Waals surface area contributed by atoms with E-state index in [0.717, 1.165) is 11.3 Å². The maximum Gasteiger partial charge on any atom is 0.120 e. The average Bonchev–Trinajstić information content (AvgIpc) is 2.08. The molecule has 0 saturated carbocycles. The first-order valence-corrected chi connectivity index (χ1v) is 4.06. The molecule has 1 aromatic rings. The Labute approximate surface area is 77.9 Å². The Morgan fingerprint density at radius 1 is 1.46 bits per heavy atom. The van der Waals surface area contributed by atoms with E-state index in [4.69, 9.17) is 5.84 Å². The van der Waals surface area contributed by atoms with Gasteiger partial charge in [-0.15, -0.1) is 0 Å². The molecule has 4 N–H and O–H groups in total. The van der Waals surface area contributed by atoms with Crippen LogP contribution in [0.5, 0.6) is 5.75 Å². The van der Waals surface area contributed by atoms with E-state index in [0.29, 0.717) is 12.3 Å². The van der Waals surface area contributed by atoms with Crippen LogP contribution in [0.4, 0.5) is 5.69 Å². The Morgan fingerprint density at radius 2 is 2.15 bits per heavy atom. The van der Waals surface area contributed by atoms with E-state index < -0.39 is 0 Å². The third-order valence-electron chi connectivity index (χ3n) is 1.73. The van der Waals surface area contributed by atoms with Crippen molar-refractivity contribution in [3.63, 3.8) is 0 Å². The minimum absolute atomic E-state index is 0.299. The van der Waals surface area contributed by atoms with Gasteiger partial charge in [0, 0.05) is 17.8 Å². The fraction of sp³-hybridized carbons (Fsp3) is 0.333. The van der Waals surface area contributed by atoms with Crippen molar-refractivity contribution in [2.75, 3.05) is 19.5 Å². The lowest BCUT2D eigenvalue weighted by molar-refractivity contribution is 0.386. The van der Waals surface area contributed by atoms with Gasteiger partial charge in [-0.05, 0) is 32.3 Å². The van der Waals surface area contributed by atoms with Crippen molar-refractivity contribution in [3.05, 3.63) is 23.8 Å². The summed E-state index contributed by atoms with van der Waals surface area (Å²) in [4.78, 5) is 1.98. The number of rotatable bonds is 3. The molecule has 0 unspecified atom stereocenters. The van der Waals surface area contributed by atoms with Gasteiger partial charge in [-0.2, -0.15) is 0 Å². The highest BCUT2D eigenvalue weighted by Gasteiger charge is 2.02. The molecule has 0 heterocycles. The zero-order valence-electron chi connectivity index (χ0n) is 7.91. The summed E-state index contributed by atoms with van der Waals surface area (Å²) in [5.74, 6) is 5.55. The SMILES string of the molecule is CN(C)Cc1cc(NN)ccc1O. The number of hydrogen-bond donors (Lipinski definition) is 3. The summed E-state index contributed by atoms with van der Waals surface area (Å²) in [5, 5.41) is 9.48. The molecule has 1 aromatic carbocycles. The number of benzene rings is 1. The van der Waals surface area contributed by atoms with Crippen LogP contribution in [0.1, 0.15) is 5.56 Å². The molecule has 0 atom stereocenters. The van der Waals surface area contributed by atoms with Gasteiger partial charge in [0.2, 0.25) is 0 Å². The Kier molecular flexibility index (Phi) is 3.11. The fourth-order valence-corrected chi connectivity index (χ4v) is 1.14. The minimum Gasteiger partial charge on any atom is -0.508 e. The van der Waals surface area contributed by atoms with E-state index in [-0.39, 0.29) is 0 Å². The van der Waals surface area contributed by atoms with Crippen LogP contribution in [0.2, 0.25) is 0 Å². The number of nitrogens with one attached hydrogen (secondary N) is 1. The molecule has 0 spiro atoms. The van der Waals surface area contributed by atoms with E-state index in [1.54, 1.807) is 12.1 Å². The normalized spacial score (nSPS) is 10.5. The smallest absolute Gasteiger partial charge is 0.120 e. The van der Waals surface area contributed by atoms with Gasteiger partial charge < -0.3 is 15.4 Å². The first-order valence-electron chi connectivity index (χ1n) is 4.06. The molecule has 0 bridgehead atoms. The Balaban J connectivity index is 2.90. The molecule has 0 fully saturated rings. The van der Waals surface area contributed by atoms with Crippen molar-refractivity contribution in [1.82, 2.24) is 4.90 Å². The van der Waals surface area contributed by atoms with Crippen LogP contribution >= 0.6 is 0 Å². The highest BCUT2D eigenvalue weighted by atomic mass is 16.3. The van der Waals surface area contributed by atoms with Crippen LogP contribution in [-0.4, -0.2) is 24.1 Å². The predicted molar refractivity (Wildman–Crippen MR) is 53.3 cm³/mol. The molecule has 0 aliphatic rings. The Bertz CT molecular complexity index is 286. The van der Waals surface area contributed by atoms with Crippen molar-refractivity contribution in [1.29, 1.82) is 0 Å². The number of phenols is 1. The van der Waals surface area contributed by atoms with Crippen LogP contribution in [0.25, 0.3) is 0 Å². The zero-order chi connectivity index (χ0) is 9.84. The monoisotopic (exact) mass is 181 g/mol. The minimum atomic E-state index is 0.299. The second kappa shape index (κ2) is 4.11. The molecule has 0 saturated heterocycles. The lowest BCUT2D eigenvalue weighted by Gasteiger charge is -2.12. The molecule has 13 heavy (non-hydrogen) atoms. The van der Waals surface area contributed by atoms with Gasteiger partial charge in [0.15, 0.2) is 0 Å². The number of anilines is 1. The second-order valence-electron chi connectivity index (χ2n) is 3.23. The second-order valence-corrected chi connectivity index (χ2v) is 3.23. The van der Waals surface area contributed by atoms with Crippen LogP contribution < -0.4 is 11.3 Å². The first kappa shape index (κ1) is 9.83. The molecule has 0 aliphatic heterocycles. The molecule has 0 radical (unpaired) electrons. The lowest BCUT2D eigenvalue weighted by Crippen LogP contribution is -2.12. The molecule has 0 aliphatic carbocycles. The van der Waals surface area contributed by atoms with Crippen LogP contribution in [0.3, 0.4) is 0 Å². The summed E-state index contributed by atoms with van der Waals surface area (Å²) >= 11 is 0. The summed E-state index contributed by atoms with van der Waals surface area (Å²) < 4.78 is 0. The summed E-state index contributed by atoms with van der Waals surface area (Å²) in [6.07, 6.45) is 0. The van der Waals surface area contributed by atoms with Gasteiger partial charge in [-0.25, -0.2) is 0 Å². The van der Waals surface area contributed by atoms with E-state index in [9.17, 15) is 5.11 Å². The van der Waals surface area contributed by atoms with Gasteiger partial charge in [0.1, 0.15) is 5.75 Å². The standard InChI is InChI=1S/C9H15N3O/c1-12(2)6-7-5-8(11-10)3-4-9(7)13/h3-5,11,13H,6,10H2,1-2H3. The van der Waals surface area contributed by atoms with Crippen molar-refractivity contribution in [2.24, 2.45) is 5.84 Å². The summed E-state index contributed by atoms with van der Waals surface area (Å²) in [5.41, 5.74) is 4.20. The maximum atomic E-state index is 9.48. The van der Waals surface area contributed by atoms with Gasteiger partial charge in [-0.1, -0.05) is 0 Å². The summed E-state index contributed by atoms with van der Waals surface area (Å²) in [7, 11) is 3.89. The van der Waals surface area contributed by atoms with Crippen molar-refractivity contribution in [3.8, 4) is 5.75 Å². The average molecular weight is 181 g/mol. The molecular formula is C9H15N3O. The zero-order valence-corrected chi connectivity index (χ0v) is 7.91. The van der Waals surface area contributed by atoms with E-state index in [1.807, 2.05) is 25.1 Å². The number of aromatic hydroxyl groups is 1. The summed E-state index contributed by atoms with van der Waals surface area (Å²) in [6.45, 7) is 0.696. The largest absolute Gasteiger partial charge is 0.508 e. The number of nitrogens with zero attached hydrogens (tertiary/aromatic N) is 1. The highest BCUT2D eigenvalue weighted by molar-refractivity contribution is 5.49. The molecule has 0 amide bonds. The van der Waals surface area contributed by atoms with Crippen LogP contribution in [-0.2, 0) is 6.54 Å². The van der Waals surface area contributed by atoms with Gasteiger partial charge >= 0.3 is 0 Å². The predicted octanol–water partition coefficient (Wildman–Crippen LogP) is 0.739. The number of hydrogen-bond acceptors (Lipinski definition) is 4. The topological polar surface area (TPSA) is 61.5 Å². The van der Waals surface area contributed by atoms with Crippen LogP contribution in [0, 0.1) is 0 Å². The lowest BCUT2D eigenvalue weighted by atomic mass is 10.1. The first-order chi connectivity index (χ1) is 6.13. The molecule has 0 aromatic heterocycles. The van der Waals surface area contributed by atoms with E-state index in [1.165, 1.54) is 0 Å². The third kappa shape index (κ3) is 2.61. The highest BCUT2D eigenvalue weighted by Crippen LogP contribution is 2.21. The van der Waals surface area contributed by atoms with Crippen LogP contribution in [0.15, 0.2) is 18.2 Å². The number of hydrazine groups is 1. The Morgan fingerprint density at radius 3 is 2.69 bits per heavy atom. The molecule has 4 nitrogen and oxygen atoms in total. The molecular weight excluding hydrogens is 166 g/mol. The quantitative estimate of drug-likeness (QED) is 0.365. The molecule has 4 heteroatoms. The third-order valence-corrected chi connectivity index (χ3v) is 1.73. The molecule has 1 rings (SSSR count). The van der Waals surface area contributed by atoms with Gasteiger partial charge in [-0.3, -0.25) is 5.84 Å². The number of phenolic OH excluding ortho intramolecular Hbond substituents is 1. The van der Waals surface area contributed by atoms with E-state index in [2.05, 4.69) is 5.43 Å². The fourth-order valence-electron chi connectivity index (χ4n) is 1.14. The van der Waals surface area contributed by atoms with Crippen molar-refractivity contribution in [2.45, 2.75) is 6.54 Å².